The van der Waals surface area contributed by atoms with E-state index in [2.05, 4.69) is 10.2 Å². The lowest BCUT2D eigenvalue weighted by molar-refractivity contribution is -0.113. The third-order valence-electron chi connectivity index (χ3n) is 4.50. The monoisotopic (exact) mass is 379 g/mol. The van der Waals surface area contributed by atoms with Crippen molar-refractivity contribution in [1.82, 2.24) is 10.2 Å². The van der Waals surface area contributed by atoms with Gasteiger partial charge in [0.05, 0.1) is 16.3 Å². The zero-order valence-electron chi connectivity index (χ0n) is 14.2. The molecule has 0 aliphatic carbocycles. The Morgan fingerprint density at radius 3 is 2.41 bits per heavy atom. The second-order valence-corrected chi connectivity index (χ2v) is 6.59. The molecule has 1 aliphatic heterocycles. The molecule has 4 rings (SSSR count). The Morgan fingerprint density at radius 1 is 0.963 bits per heavy atom. The van der Waals surface area contributed by atoms with E-state index in [0.29, 0.717) is 16.3 Å². The molecule has 1 aromatic heterocycles. The van der Waals surface area contributed by atoms with Gasteiger partial charge in [-0.3, -0.25) is 24.6 Å². The van der Waals surface area contributed by atoms with E-state index in [1.807, 2.05) is 0 Å². The van der Waals surface area contributed by atoms with E-state index in [4.69, 9.17) is 11.6 Å². The van der Waals surface area contributed by atoms with Crippen molar-refractivity contribution >= 4 is 40.6 Å². The minimum atomic E-state index is -0.472. The first-order chi connectivity index (χ1) is 13.0. The topological polar surface area (TPSA) is 86.0 Å². The van der Waals surface area contributed by atoms with Gasteiger partial charge >= 0.3 is 0 Å². The number of rotatable bonds is 1. The zero-order chi connectivity index (χ0) is 19.1. The number of amides is 1. The molecular weight excluding hydrogens is 366 g/mol. The molecule has 0 saturated heterocycles. The molecule has 0 unspecified atom stereocenters. The van der Waals surface area contributed by atoms with Crippen LogP contribution >= 0.6 is 11.6 Å². The number of aromatic nitrogens is 2. The van der Waals surface area contributed by atoms with Crippen LogP contribution in [-0.2, 0) is 4.79 Å². The maximum absolute atomic E-state index is 13.0. The van der Waals surface area contributed by atoms with E-state index in [0.717, 1.165) is 5.56 Å². The Kier molecular flexibility index (Phi) is 4.05. The first-order valence-corrected chi connectivity index (χ1v) is 8.55. The van der Waals surface area contributed by atoms with Crippen molar-refractivity contribution in [2.75, 3.05) is 11.9 Å². The number of nitrogens with zero attached hydrogens (tertiary/aromatic N) is 1. The highest BCUT2D eigenvalue weighted by atomic mass is 35.5. The number of Topliss-reactive ketones (excluding diaryl/α,β-unsaturated/α-hetero) is 1. The quantitative estimate of drug-likeness (QED) is 0.666. The van der Waals surface area contributed by atoms with Crippen LogP contribution in [0.15, 0.2) is 53.3 Å². The molecule has 27 heavy (non-hydrogen) atoms. The summed E-state index contributed by atoms with van der Waals surface area (Å²) in [5.74, 6) is -0.894. The Labute approximate surface area is 158 Å². The van der Waals surface area contributed by atoms with Gasteiger partial charge in [-0.2, -0.15) is 0 Å². The molecule has 2 N–H and O–H groups in total. The number of ketones is 1. The number of H-pyrrole nitrogens is 2. The molecule has 7 heteroatoms. The fourth-order valence-corrected chi connectivity index (χ4v) is 3.24. The maximum Gasteiger partial charge on any atom is 0.271 e. The predicted molar refractivity (Wildman–Crippen MR) is 103 cm³/mol. The average Bonchev–Trinajstić information content (AvgIpc) is 3.02. The normalized spacial score (nSPS) is 16.7. The number of benzene rings is 2. The van der Waals surface area contributed by atoms with Crippen LogP contribution in [0.3, 0.4) is 0 Å². The van der Waals surface area contributed by atoms with Gasteiger partial charge in [-0.1, -0.05) is 35.9 Å². The van der Waals surface area contributed by atoms with Gasteiger partial charge < -0.3 is 4.90 Å². The minimum Gasteiger partial charge on any atom is -0.310 e. The molecule has 0 saturated carbocycles. The standard InChI is InChI=1S/C20H14ClN3O3/c1-24-15-5-3-2-4-13(15)18(25)16(20(24)27)17-14(19(26)23-22-17)10-11-6-8-12(21)9-7-11/h2-10,22H,1H3,(H,23,26)/b14-10-,17-16+. The van der Waals surface area contributed by atoms with Crippen molar-refractivity contribution in [3.8, 4) is 0 Å². The summed E-state index contributed by atoms with van der Waals surface area (Å²) in [6.07, 6.45) is 1.61. The van der Waals surface area contributed by atoms with Crippen LogP contribution in [-0.4, -0.2) is 28.9 Å². The van der Waals surface area contributed by atoms with Crippen molar-refractivity contribution < 1.29 is 9.59 Å². The fourth-order valence-electron chi connectivity index (χ4n) is 3.12. The van der Waals surface area contributed by atoms with Crippen molar-refractivity contribution in [3.05, 3.63) is 85.6 Å². The van der Waals surface area contributed by atoms with Crippen molar-refractivity contribution in [2.24, 2.45) is 0 Å². The smallest absolute Gasteiger partial charge is 0.271 e. The molecule has 0 bridgehead atoms. The summed E-state index contributed by atoms with van der Waals surface area (Å²) >= 11 is 5.89. The van der Waals surface area contributed by atoms with Gasteiger partial charge in [-0.05, 0) is 35.9 Å². The summed E-state index contributed by atoms with van der Waals surface area (Å²) in [6.45, 7) is 0. The molecule has 0 radical (unpaired) electrons. The minimum absolute atomic E-state index is 0.0743. The average molecular weight is 380 g/mol. The highest BCUT2D eigenvalue weighted by Gasteiger charge is 2.33. The number of hydrogen-bond donors (Lipinski definition) is 2. The van der Waals surface area contributed by atoms with Gasteiger partial charge in [-0.25, -0.2) is 0 Å². The van der Waals surface area contributed by atoms with E-state index in [1.165, 1.54) is 4.90 Å². The third kappa shape index (κ3) is 2.80. The lowest BCUT2D eigenvalue weighted by Crippen LogP contribution is -2.44. The van der Waals surface area contributed by atoms with Crippen LogP contribution in [0.4, 0.5) is 5.69 Å². The molecule has 134 valence electrons. The molecule has 2 heterocycles. The van der Waals surface area contributed by atoms with Gasteiger partial charge in [-0.15, -0.1) is 0 Å². The molecule has 0 spiro atoms. The molecule has 1 aliphatic rings. The van der Waals surface area contributed by atoms with Crippen molar-refractivity contribution in [3.63, 3.8) is 0 Å². The summed E-state index contributed by atoms with van der Waals surface area (Å²) in [6, 6.07) is 13.8. The van der Waals surface area contributed by atoms with Crippen LogP contribution in [0.2, 0.25) is 5.02 Å². The maximum atomic E-state index is 13.0. The SMILES string of the molecule is CN1C(=O)/C(=c2/[nH][nH]c(=O)/c2=C\c2ccc(Cl)cc2)C(=O)c2ccccc21. The number of carbonyl (C=O) groups is 2. The number of aromatic amines is 2. The largest absolute Gasteiger partial charge is 0.310 e. The second kappa shape index (κ2) is 6.41. The fraction of sp³-hybridized carbons (Fsp3) is 0.0500. The number of halogens is 1. The Bertz CT molecular complexity index is 1250. The van der Waals surface area contributed by atoms with Gasteiger partial charge in [0.2, 0.25) is 5.78 Å². The third-order valence-corrected chi connectivity index (χ3v) is 4.75. The van der Waals surface area contributed by atoms with Crippen LogP contribution in [0, 0.1) is 0 Å². The van der Waals surface area contributed by atoms with E-state index in [-0.39, 0.29) is 16.1 Å². The summed E-state index contributed by atoms with van der Waals surface area (Å²) in [5.41, 5.74) is 1.17. The van der Waals surface area contributed by atoms with Gasteiger partial charge in [0, 0.05) is 17.6 Å². The Hall–Kier alpha value is -3.38. The Balaban J connectivity index is 2.03. The van der Waals surface area contributed by atoms with Crippen molar-refractivity contribution in [1.29, 1.82) is 0 Å². The number of anilines is 1. The number of fused-ring (bicyclic) bond motifs is 1. The van der Waals surface area contributed by atoms with E-state index in [9.17, 15) is 14.4 Å². The zero-order valence-corrected chi connectivity index (χ0v) is 15.0. The first-order valence-electron chi connectivity index (χ1n) is 8.17. The highest BCUT2D eigenvalue weighted by molar-refractivity contribution is 6.51. The first kappa shape index (κ1) is 17.1. The molecule has 3 aromatic rings. The summed E-state index contributed by atoms with van der Waals surface area (Å²) in [7, 11) is 1.60. The van der Waals surface area contributed by atoms with Crippen LogP contribution in [0.25, 0.3) is 11.6 Å². The highest BCUT2D eigenvalue weighted by Crippen LogP contribution is 2.28. The number of nitrogens with one attached hydrogen (secondary N) is 2. The van der Waals surface area contributed by atoms with Gasteiger partial charge in [0.25, 0.3) is 11.5 Å². The predicted octanol–water partition coefficient (Wildman–Crippen LogP) is 1.20. The lowest BCUT2D eigenvalue weighted by atomic mass is 9.95. The molecule has 2 aromatic carbocycles. The summed E-state index contributed by atoms with van der Waals surface area (Å²) in [5, 5.41) is 6.10. The van der Waals surface area contributed by atoms with Crippen molar-refractivity contribution in [2.45, 2.75) is 0 Å². The number of hydrogen-bond acceptors (Lipinski definition) is 3. The van der Waals surface area contributed by atoms with Crippen LogP contribution in [0.1, 0.15) is 15.9 Å². The summed E-state index contributed by atoms with van der Waals surface area (Å²) in [4.78, 5) is 39.5. The number of para-hydroxylation sites is 1. The summed E-state index contributed by atoms with van der Waals surface area (Å²) < 4.78 is 0. The Morgan fingerprint density at radius 2 is 1.67 bits per heavy atom. The molecular formula is C20H14ClN3O3. The van der Waals surface area contributed by atoms with E-state index < -0.39 is 17.2 Å². The van der Waals surface area contributed by atoms with Crippen LogP contribution in [0.5, 0.6) is 0 Å². The van der Waals surface area contributed by atoms with E-state index >= 15 is 0 Å². The molecule has 0 atom stereocenters. The van der Waals surface area contributed by atoms with E-state index in [1.54, 1.807) is 61.7 Å². The number of carbonyl (C=O) groups excluding carboxylic acids is 2. The second-order valence-electron chi connectivity index (χ2n) is 6.15. The van der Waals surface area contributed by atoms with Gasteiger partial charge in [0.1, 0.15) is 5.57 Å². The molecule has 1 amide bonds. The molecule has 6 nitrogen and oxygen atoms in total. The lowest BCUT2D eigenvalue weighted by Gasteiger charge is -2.25. The van der Waals surface area contributed by atoms with Crippen LogP contribution < -0.4 is 21.0 Å². The molecule has 0 fully saturated rings. The van der Waals surface area contributed by atoms with Gasteiger partial charge in [0.15, 0.2) is 0 Å².